The average molecular weight is 423 g/mol. The third-order valence-electron chi connectivity index (χ3n) is 4.07. The summed E-state index contributed by atoms with van der Waals surface area (Å²) in [5.41, 5.74) is 3.71. The van der Waals surface area contributed by atoms with E-state index in [9.17, 15) is 4.79 Å². The highest BCUT2D eigenvalue weighted by Crippen LogP contribution is 2.31. The van der Waals surface area contributed by atoms with Crippen molar-refractivity contribution < 1.29 is 9.53 Å². The number of carbonyl (C=O) groups excluding carboxylic acids is 1. The largest absolute Gasteiger partial charge is 0.465 e. The molecule has 4 aromatic rings. The third-order valence-corrected chi connectivity index (χ3v) is 4.48. The minimum absolute atomic E-state index is 0.382. The number of nitrogens with zero attached hydrogens (tertiary/aromatic N) is 3. The van der Waals surface area contributed by atoms with E-state index < -0.39 is 0 Å². The zero-order valence-corrected chi connectivity index (χ0v) is 16.0. The fourth-order valence-corrected chi connectivity index (χ4v) is 3.13. The summed E-state index contributed by atoms with van der Waals surface area (Å²) < 4.78 is 7.42. The molecule has 0 radical (unpaired) electrons. The summed E-state index contributed by atoms with van der Waals surface area (Å²) in [5, 5.41) is 3.38. The second-order valence-electron chi connectivity index (χ2n) is 5.81. The van der Waals surface area contributed by atoms with Crippen molar-refractivity contribution in [2.24, 2.45) is 0 Å². The Balaban J connectivity index is 1.85. The van der Waals surface area contributed by atoms with Crippen molar-refractivity contribution in [3.05, 3.63) is 77.2 Å². The number of methoxy groups -OCH3 is 1. The number of fused-ring (bicyclic) bond motifs is 1. The molecular weight excluding hydrogens is 408 g/mol. The Morgan fingerprint density at radius 1 is 1.15 bits per heavy atom. The van der Waals surface area contributed by atoms with Gasteiger partial charge in [0.1, 0.15) is 16.1 Å². The van der Waals surface area contributed by atoms with E-state index in [-0.39, 0.29) is 5.97 Å². The van der Waals surface area contributed by atoms with Crippen LogP contribution in [0.4, 0.5) is 11.5 Å². The monoisotopic (exact) mass is 422 g/mol. The van der Waals surface area contributed by atoms with Crippen LogP contribution < -0.4 is 5.32 Å². The lowest BCUT2D eigenvalue weighted by Crippen LogP contribution is -2.03. The number of ether oxygens (including phenoxy) is 1. The number of anilines is 2. The van der Waals surface area contributed by atoms with Gasteiger partial charge in [-0.2, -0.15) is 0 Å². The molecule has 4 rings (SSSR count). The van der Waals surface area contributed by atoms with E-state index in [2.05, 4.69) is 26.2 Å². The molecule has 2 heterocycles. The lowest BCUT2D eigenvalue weighted by atomic mass is 10.1. The Morgan fingerprint density at radius 2 is 1.96 bits per heavy atom. The molecule has 0 fully saturated rings. The van der Waals surface area contributed by atoms with E-state index >= 15 is 0 Å². The van der Waals surface area contributed by atoms with Gasteiger partial charge in [-0.25, -0.2) is 14.8 Å². The first-order valence-corrected chi connectivity index (χ1v) is 8.99. The maximum Gasteiger partial charge on any atom is 0.337 e. The molecule has 0 saturated carbocycles. The zero-order chi connectivity index (χ0) is 18.8. The van der Waals surface area contributed by atoms with Crippen LogP contribution in [0, 0.1) is 0 Å². The minimum atomic E-state index is -0.382. The van der Waals surface area contributed by atoms with Crippen molar-refractivity contribution in [3.63, 3.8) is 0 Å². The smallest absolute Gasteiger partial charge is 0.337 e. The van der Waals surface area contributed by atoms with E-state index in [4.69, 9.17) is 9.72 Å². The number of aromatic nitrogens is 3. The second-order valence-corrected chi connectivity index (χ2v) is 6.62. The highest BCUT2D eigenvalue weighted by atomic mass is 79.9. The topological polar surface area (TPSA) is 68.5 Å². The predicted octanol–water partition coefficient (Wildman–Crippen LogP) is 4.69. The Bertz CT molecular complexity index is 1130. The number of imidazole rings is 1. The fourth-order valence-electron chi connectivity index (χ4n) is 2.83. The van der Waals surface area contributed by atoms with Crippen LogP contribution in [0.1, 0.15) is 10.4 Å². The molecule has 0 aliphatic rings. The first kappa shape index (κ1) is 17.2. The summed E-state index contributed by atoms with van der Waals surface area (Å²) >= 11 is 3.41. The highest BCUT2D eigenvalue weighted by molar-refractivity contribution is 9.10. The van der Waals surface area contributed by atoms with Crippen LogP contribution >= 0.6 is 15.9 Å². The van der Waals surface area contributed by atoms with Crippen molar-refractivity contribution in [3.8, 4) is 11.3 Å². The molecule has 27 heavy (non-hydrogen) atoms. The first-order chi connectivity index (χ1) is 13.2. The number of hydrogen-bond donors (Lipinski definition) is 1. The van der Waals surface area contributed by atoms with E-state index in [1.807, 2.05) is 47.0 Å². The van der Waals surface area contributed by atoms with E-state index in [1.165, 1.54) is 7.11 Å². The molecule has 0 aliphatic heterocycles. The molecule has 0 bridgehead atoms. The van der Waals surface area contributed by atoms with Crippen molar-refractivity contribution >= 4 is 39.1 Å². The standard InChI is InChI=1S/C20H15BrN4O2/c1-27-20(26)14-8-5-9-15(10-14)23-19-18(13-6-3-2-4-7-13)24-17-11-22-16(21)12-25(17)19/h2-12,23H,1H3. The number of benzene rings is 2. The van der Waals surface area contributed by atoms with E-state index in [0.29, 0.717) is 15.8 Å². The van der Waals surface area contributed by atoms with Gasteiger partial charge in [0.2, 0.25) is 0 Å². The molecule has 2 aromatic carbocycles. The van der Waals surface area contributed by atoms with Crippen molar-refractivity contribution in [1.29, 1.82) is 0 Å². The zero-order valence-electron chi connectivity index (χ0n) is 14.4. The van der Waals surface area contributed by atoms with Crippen LogP contribution in [-0.4, -0.2) is 27.4 Å². The van der Waals surface area contributed by atoms with Gasteiger partial charge in [-0.1, -0.05) is 36.4 Å². The molecule has 0 saturated heterocycles. The van der Waals surface area contributed by atoms with Gasteiger partial charge in [-0.05, 0) is 34.1 Å². The number of hydrogen-bond acceptors (Lipinski definition) is 5. The number of carbonyl (C=O) groups is 1. The summed E-state index contributed by atoms with van der Waals surface area (Å²) in [7, 11) is 1.37. The van der Waals surface area contributed by atoms with Crippen molar-refractivity contribution in [1.82, 2.24) is 14.4 Å². The van der Waals surface area contributed by atoms with Gasteiger partial charge in [-0.15, -0.1) is 0 Å². The SMILES string of the molecule is COC(=O)c1cccc(Nc2c(-c3ccccc3)nc3cnc(Br)cn23)c1. The van der Waals surface area contributed by atoms with Crippen LogP contribution in [0.25, 0.3) is 16.9 Å². The fraction of sp³-hybridized carbons (Fsp3) is 0.0500. The molecule has 2 aromatic heterocycles. The Morgan fingerprint density at radius 3 is 2.74 bits per heavy atom. The average Bonchev–Trinajstić information content (AvgIpc) is 3.06. The molecule has 134 valence electrons. The van der Waals surface area contributed by atoms with E-state index in [0.717, 1.165) is 22.8 Å². The second kappa shape index (κ2) is 7.20. The number of halogens is 1. The van der Waals surface area contributed by atoms with Gasteiger partial charge < -0.3 is 10.1 Å². The van der Waals surface area contributed by atoms with Gasteiger partial charge in [0.25, 0.3) is 0 Å². The van der Waals surface area contributed by atoms with Crippen LogP contribution in [0.15, 0.2) is 71.6 Å². The molecule has 0 atom stereocenters. The maximum atomic E-state index is 11.8. The summed E-state index contributed by atoms with van der Waals surface area (Å²) in [5.74, 6) is 0.397. The predicted molar refractivity (Wildman–Crippen MR) is 107 cm³/mol. The summed E-state index contributed by atoms with van der Waals surface area (Å²) in [4.78, 5) is 20.8. The number of esters is 1. The third kappa shape index (κ3) is 3.41. The Hall–Kier alpha value is -3.19. The molecule has 7 heteroatoms. The molecule has 0 amide bonds. The Kier molecular flexibility index (Phi) is 4.60. The van der Waals surface area contributed by atoms with E-state index in [1.54, 1.807) is 24.4 Å². The highest BCUT2D eigenvalue weighted by Gasteiger charge is 2.16. The van der Waals surface area contributed by atoms with Gasteiger partial charge >= 0.3 is 5.97 Å². The summed E-state index contributed by atoms with van der Waals surface area (Å²) in [6.45, 7) is 0. The number of rotatable bonds is 4. The van der Waals surface area contributed by atoms with Gasteiger partial charge in [-0.3, -0.25) is 4.40 Å². The molecule has 0 unspecified atom stereocenters. The lowest BCUT2D eigenvalue weighted by molar-refractivity contribution is 0.0601. The van der Waals surface area contributed by atoms with Crippen molar-refractivity contribution in [2.45, 2.75) is 0 Å². The van der Waals surface area contributed by atoms with Crippen LogP contribution in [-0.2, 0) is 4.74 Å². The molecule has 6 nitrogen and oxygen atoms in total. The van der Waals surface area contributed by atoms with Gasteiger partial charge in [0.15, 0.2) is 5.65 Å². The molecule has 1 N–H and O–H groups in total. The van der Waals surface area contributed by atoms with Gasteiger partial charge in [0, 0.05) is 17.4 Å². The van der Waals surface area contributed by atoms with Crippen LogP contribution in [0.2, 0.25) is 0 Å². The molecule has 0 aliphatic carbocycles. The number of nitrogens with one attached hydrogen (secondary N) is 1. The van der Waals surface area contributed by atoms with Crippen molar-refractivity contribution in [2.75, 3.05) is 12.4 Å². The quantitative estimate of drug-likeness (QED) is 0.483. The molecular formula is C20H15BrN4O2. The Labute approximate surface area is 164 Å². The maximum absolute atomic E-state index is 11.8. The summed E-state index contributed by atoms with van der Waals surface area (Å²) in [6.07, 6.45) is 3.55. The normalized spacial score (nSPS) is 10.7. The van der Waals surface area contributed by atoms with Crippen LogP contribution in [0.5, 0.6) is 0 Å². The summed E-state index contributed by atoms with van der Waals surface area (Å²) in [6, 6.07) is 17.0. The minimum Gasteiger partial charge on any atom is -0.465 e. The lowest BCUT2D eigenvalue weighted by Gasteiger charge is -2.10. The van der Waals surface area contributed by atoms with Gasteiger partial charge in [0.05, 0.1) is 18.9 Å². The first-order valence-electron chi connectivity index (χ1n) is 8.20. The van der Waals surface area contributed by atoms with Crippen LogP contribution in [0.3, 0.4) is 0 Å². The molecule has 0 spiro atoms.